The number of amides is 1. The highest BCUT2D eigenvalue weighted by molar-refractivity contribution is 6.23. The van der Waals surface area contributed by atoms with Crippen LogP contribution in [0.15, 0.2) is 12.1 Å². The van der Waals surface area contributed by atoms with Gasteiger partial charge in [-0.25, -0.2) is 0 Å². The topological polar surface area (TPSA) is 210 Å². The Balaban J connectivity index is 1.85. The van der Waals surface area contributed by atoms with Crippen LogP contribution >= 0.6 is 0 Å². The Bertz CT molecular complexity index is 2310. The molecular weight excluding hydrogens is 660 g/mol. The highest BCUT2D eigenvalue weighted by Gasteiger charge is 2.32. The van der Waals surface area contributed by atoms with E-state index < -0.39 is 29.9 Å². The molecule has 0 fully saturated rings. The molecule has 0 radical (unpaired) electrons. The van der Waals surface area contributed by atoms with Gasteiger partial charge in [0.15, 0.2) is 5.78 Å². The van der Waals surface area contributed by atoms with Gasteiger partial charge < -0.3 is 41.2 Å². The van der Waals surface area contributed by atoms with Gasteiger partial charge in [0.2, 0.25) is 5.91 Å². The van der Waals surface area contributed by atoms with Gasteiger partial charge in [-0.1, -0.05) is 27.7 Å². The maximum Gasteiger partial charge on any atom is 0.303 e. The van der Waals surface area contributed by atoms with Crippen LogP contribution in [0.3, 0.4) is 0 Å². The van der Waals surface area contributed by atoms with Crippen molar-refractivity contribution in [1.29, 1.82) is 0 Å². The third-order valence-electron chi connectivity index (χ3n) is 10.1. The number of aromatic nitrogens is 4. The maximum absolute atomic E-state index is 14.8. The Labute approximate surface area is 302 Å². The van der Waals surface area contributed by atoms with Crippen molar-refractivity contribution in [1.82, 2.24) is 25.3 Å². The number of fused-ring (bicyclic) bond motifs is 8. The first-order valence-electron chi connectivity index (χ1n) is 17.7. The zero-order valence-electron chi connectivity index (χ0n) is 31.1. The number of aryl methyl sites for hydroxylation is 2. The van der Waals surface area contributed by atoms with Crippen LogP contribution in [0.4, 0.5) is 0 Å². The van der Waals surface area contributed by atoms with Crippen LogP contribution in [0.1, 0.15) is 96.7 Å². The Morgan fingerprint density at radius 1 is 0.712 bits per heavy atom. The number of hydrogen-bond donors (Lipinski definition) is 8. The zero-order valence-corrected chi connectivity index (χ0v) is 31.1. The lowest BCUT2D eigenvalue weighted by atomic mass is 9.91. The van der Waals surface area contributed by atoms with Gasteiger partial charge in [-0.05, 0) is 116 Å². The van der Waals surface area contributed by atoms with Crippen LogP contribution in [-0.4, -0.2) is 65.9 Å². The molecule has 5 rings (SSSR count). The number of nitrogens with two attached hydrogens (primary N) is 1. The molecule has 9 N–H and O–H groups in total. The van der Waals surface area contributed by atoms with E-state index in [1.165, 1.54) is 0 Å². The molecule has 0 saturated heterocycles. The summed E-state index contributed by atoms with van der Waals surface area (Å²) >= 11 is 0. The van der Waals surface area contributed by atoms with Crippen molar-refractivity contribution >= 4 is 47.4 Å². The van der Waals surface area contributed by atoms with E-state index in [1.54, 1.807) is 0 Å². The number of carbonyl (C=O) groups excluding carboxylic acids is 2. The highest BCUT2D eigenvalue weighted by Crippen LogP contribution is 2.24. The average Bonchev–Trinajstić information content (AvgIpc) is 3.77. The van der Waals surface area contributed by atoms with E-state index in [-0.39, 0.29) is 43.3 Å². The number of carboxylic acids is 2. The molecule has 0 aliphatic carbocycles. The minimum Gasteiger partial charge on any atom is -0.481 e. The number of Topliss-reactive ketones (excluding diaryl/α,β-unsaturated/α-hetero) is 1. The second-order valence-electron chi connectivity index (χ2n) is 14.6. The summed E-state index contributed by atoms with van der Waals surface area (Å²) in [6, 6.07) is 2.23. The lowest BCUT2D eigenvalue weighted by Crippen LogP contribution is -2.52. The number of carboxylic acid groups (broad SMARTS) is 2. The van der Waals surface area contributed by atoms with Crippen LogP contribution in [0, 0.1) is 39.5 Å². The van der Waals surface area contributed by atoms with Crippen molar-refractivity contribution in [2.24, 2.45) is 17.6 Å². The molecule has 4 aromatic rings. The van der Waals surface area contributed by atoms with E-state index in [0.29, 0.717) is 22.0 Å². The van der Waals surface area contributed by atoms with E-state index in [4.69, 9.17) is 5.73 Å². The Kier molecular flexibility index (Phi) is 11.0. The van der Waals surface area contributed by atoms with Crippen molar-refractivity contribution in [2.75, 3.05) is 0 Å². The van der Waals surface area contributed by atoms with E-state index in [1.807, 2.05) is 85.8 Å². The number of hydrogen-bond acceptors (Lipinski definition) is 5. The largest absolute Gasteiger partial charge is 0.481 e. The number of aromatic amines is 4. The fourth-order valence-corrected chi connectivity index (χ4v) is 6.86. The van der Waals surface area contributed by atoms with Gasteiger partial charge in [-0.15, -0.1) is 0 Å². The van der Waals surface area contributed by atoms with Gasteiger partial charge in [0, 0.05) is 46.0 Å². The van der Waals surface area contributed by atoms with Gasteiger partial charge >= 0.3 is 11.9 Å². The molecule has 0 unspecified atom stereocenters. The highest BCUT2D eigenvalue weighted by atomic mass is 16.4. The van der Waals surface area contributed by atoms with E-state index in [9.17, 15) is 29.4 Å². The van der Waals surface area contributed by atoms with Gasteiger partial charge in [-0.3, -0.25) is 19.2 Å². The molecule has 5 heterocycles. The van der Waals surface area contributed by atoms with Crippen molar-refractivity contribution in [3.05, 3.63) is 89.7 Å². The van der Waals surface area contributed by atoms with Crippen LogP contribution in [0.25, 0.3) is 23.8 Å². The lowest BCUT2D eigenvalue weighted by Gasteiger charge is -2.25. The van der Waals surface area contributed by atoms with Crippen LogP contribution in [-0.2, 0) is 32.0 Å². The third-order valence-corrected chi connectivity index (χ3v) is 10.1. The third kappa shape index (κ3) is 7.76. The standard InChI is InChI=1S/C40H50N6O6/c1-18(2)36(41)40(52)46-37(19(3)4)39(51)35-32-14-20(5)27(43-32)16-29-23(8)26(10-12-34(49)50)31(45-29)17-30-25(9-11-33(47)48)22(7)28(44-30)15-24-13-21(6)38(35)42-24/h13-19,36-37,42-45H,9-12,41H2,1-8H3,(H,46,52)(H,47,48)(H,49,50)/t36-,37-/m0/s1. The summed E-state index contributed by atoms with van der Waals surface area (Å²) in [5.41, 5.74) is 14.5. The fourth-order valence-electron chi connectivity index (χ4n) is 6.86. The molecule has 0 saturated carbocycles. The van der Waals surface area contributed by atoms with Gasteiger partial charge in [-0.2, -0.15) is 0 Å². The SMILES string of the molecule is Cc1cc2[nH]c1C=c1[nH]c(c(CCC(=O)O)c1C)=Cc1[nH]c(c(C)c1CCC(=O)O)C=c1cc(C)c([nH]1)=C2C(=O)[C@@H](NC(=O)[C@@H](N)C(C)C)C(C)C. The summed E-state index contributed by atoms with van der Waals surface area (Å²) in [5, 5.41) is 24.9. The minimum absolute atomic E-state index is 0.0658. The van der Waals surface area contributed by atoms with E-state index in [2.05, 4.69) is 25.3 Å². The minimum atomic E-state index is -0.912. The average molecular weight is 711 g/mol. The van der Waals surface area contributed by atoms with Crippen molar-refractivity contribution in [2.45, 2.75) is 93.2 Å². The molecular formula is C40H50N6O6. The monoisotopic (exact) mass is 710 g/mol. The van der Waals surface area contributed by atoms with Crippen molar-refractivity contribution < 1.29 is 29.4 Å². The van der Waals surface area contributed by atoms with Crippen LogP contribution < -0.4 is 32.4 Å². The molecule has 4 aromatic heterocycles. The van der Waals surface area contributed by atoms with Crippen LogP contribution in [0.5, 0.6) is 0 Å². The summed E-state index contributed by atoms with van der Waals surface area (Å²) in [5.74, 6) is -2.86. The van der Waals surface area contributed by atoms with Gasteiger partial charge in [0.25, 0.3) is 0 Å². The molecule has 8 bridgehead atoms. The molecule has 52 heavy (non-hydrogen) atoms. The van der Waals surface area contributed by atoms with E-state index >= 15 is 0 Å². The van der Waals surface area contributed by atoms with Gasteiger partial charge in [0.1, 0.15) is 0 Å². The summed E-state index contributed by atoms with van der Waals surface area (Å²) < 4.78 is 0. The normalized spacial score (nSPS) is 13.7. The molecule has 2 atom stereocenters. The molecule has 12 nitrogen and oxygen atoms in total. The van der Waals surface area contributed by atoms with Crippen molar-refractivity contribution in [3.8, 4) is 0 Å². The van der Waals surface area contributed by atoms with E-state index in [0.717, 1.165) is 61.2 Å². The molecule has 0 spiro atoms. The first-order chi connectivity index (χ1) is 24.5. The second-order valence-corrected chi connectivity index (χ2v) is 14.6. The second kappa shape index (κ2) is 15.1. The Morgan fingerprint density at radius 2 is 1.35 bits per heavy atom. The number of ketones is 1. The lowest BCUT2D eigenvalue weighted by molar-refractivity contribution is -0.138. The predicted molar refractivity (Wildman–Crippen MR) is 200 cm³/mol. The molecule has 12 heteroatoms. The maximum atomic E-state index is 14.8. The molecule has 1 amide bonds. The zero-order chi connectivity index (χ0) is 38.2. The number of aliphatic carboxylic acids is 2. The first-order valence-corrected chi connectivity index (χ1v) is 17.7. The van der Waals surface area contributed by atoms with Crippen LogP contribution in [0.2, 0.25) is 0 Å². The summed E-state index contributed by atoms with van der Waals surface area (Å²) in [4.78, 5) is 65.3. The Morgan fingerprint density at radius 3 is 1.96 bits per heavy atom. The molecule has 1 aliphatic heterocycles. The molecule has 0 aromatic carbocycles. The smallest absolute Gasteiger partial charge is 0.303 e. The fraction of sp³-hybridized carbons (Fsp3) is 0.400. The number of rotatable bonds is 12. The van der Waals surface area contributed by atoms with Gasteiger partial charge in [0.05, 0.1) is 28.7 Å². The molecule has 276 valence electrons. The quantitative estimate of drug-likeness (QED) is 0.109. The van der Waals surface area contributed by atoms with Crippen molar-refractivity contribution in [3.63, 3.8) is 0 Å². The summed E-state index contributed by atoms with van der Waals surface area (Å²) in [7, 11) is 0. The first kappa shape index (κ1) is 37.9. The number of nitrogens with one attached hydrogen (secondary N) is 5. The molecule has 1 aliphatic rings. The summed E-state index contributed by atoms with van der Waals surface area (Å²) in [6.07, 6.45) is 6.26. The number of carbonyl (C=O) groups is 4. The Hall–Kier alpha value is -5.36. The predicted octanol–water partition coefficient (Wildman–Crippen LogP) is 1.96. The summed E-state index contributed by atoms with van der Waals surface area (Å²) in [6.45, 7) is 15.2. The number of H-pyrrole nitrogens is 4.